The van der Waals surface area contributed by atoms with E-state index in [-0.39, 0.29) is 6.10 Å². The highest BCUT2D eigenvalue weighted by molar-refractivity contribution is 6.52. The molecule has 4 nitrogen and oxygen atoms in total. The van der Waals surface area contributed by atoms with Crippen molar-refractivity contribution < 1.29 is 4.74 Å². The predicted octanol–water partition coefficient (Wildman–Crippen LogP) is 4.85. The van der Waals surface area contributed by atoms with Gasteiger partial charge in [0.1, 0.15) is 11.5 Å². The summed E-state index contributed by atoms with van der Waals surface area (Å²) >= 11 is 0. The molecule has 0 radical (unpaired) electrons. The van der Waals surface area contributed by atoms with E-state index in [9.17, 15) is 0 Å². The van der Waals surface area contributed by atoms with Gasteiger partial charge in [-0.05, 0) is 62.2 Å². The van der Waals surface area contributed by atoms with Crippen LogP contribution < -0.4 is 5.73 Å². The summed E-state index contributed by atoms with van der Waals surface area (Å²) < 4.78 is 6.41. The fourth-order valence-corrected chi connectivity index (χ4v) is 4.18. The van der Waals surface area contributed by atoms with Crippen LogP contribution in [0.2, 0.25) is 0 Å². The highest BCUT2D eigenvalue weighted by Gasteiger charge is 2.28. The molecular formula is C22H31N3O. The number of hydrogen-bond donors (Lipinski definition) is 1. The molecule has 0 aliphatic heterocycles. The van der Waals surface area contributed by atoms with Crippen molar-refractivity contribution in [1.82, 2.24) is 0 Å². The van der Waals surface area contributed by atoms with Gasteiger partial charge in [-0.2, -0.15) is 0 Å². The first kappa shape index (κ1) is 18.8. The maximum absolute atomic E-state index is 6.41. The van der Waals surface area contributed by atoms with Crippen molar-refractivity contribution in [3.63, 3.8) is 0 Å². The summed E-state index contributed by atoms with van der Waals surface area (Å²) in [7, 11) is 0. The van der Waals surface area contributed by atoms with Crippen molar-refractivity contribution in [1.29, 1.82) is 0 Å². The minimum absolute atomic E-state index is 0.201. The molecule has 3 rings (SSSR count). The SMILES string of the molecule is C=C/N=C1/C=C(C2CCCCC2)C=C(O[C@H]2CC[C@H](N)CC2)/C1=N/C=C. The summed E-state index contributed by atoms with van der Waals surface area (Å²) in [5.74, 6) is 1.41. The number of nitrogens with two attached hydrogens (primary N) is 1. The molecule has 26 heavy (non-hydrogen) atoms. The Labute approximate surface area is 157 Å². The minimum Gasteiger partial charge on any atom is -0.488 e. The van der Waals surface area contributed by atoms with E-state index in [1.165, 1.54) is 37.7 Å². The molecule has 0 aromatic heterocycles. The molecule has 0 saturated heterocycles. The fraction of sp³-hybridized carbons (Fsp3) is 0.545. The zero-order chi connectivity index (χ0) is 18.4. The molecule has 0 bridgehead atoms. The Balaban J connectivity index is 1.87. The second-order valence-corrected chi connectivity index (χ2v) is 7.50. The normalized spacial score (nSPS) is 30.7. The second-order valence-electron chi connectivity index (χ2n) is 7.50. The van der Waals surface area contributed by atoms with Crippen LogP contribution in [0.5, 0.6) is 0 Å². The lowest BCUT2D eigenvalue weighted by atomic mass is 9.81. The second kappa shape index (κ2) is 9.13. The molecule has 3 aliphatic carbocycles. The Morgan fingerprint density at radius 1 is 0.923 bits per heavy atom. The van der Waals surface area contributed by atoms with Gasteiger partial charge in [-0.1, -0.05) is 32.4 Å². The molecule has 2 saturated carbocycles. The molecule has 140 valence electrons. The zero-order valence-corrected chi connectivity index (χ0v) is 15.7. The van der Waals surface area contributed by atoms with Crippen molar-refractivity contribution in [3.8, 4) is 0 Å². The van der Waals surface area contributed by atoms with Gasteiger partial charge < -0.3 is 10.5 Å². The van der Waals surface area contributed by atoms with Crippen LogP contribution >= 0.6 is 0 Å². The molecule has 3 aliphatic rings. The maximum Gasteiger partial charge on any atom is 0.147 e. The lowest BCUT2D eigenvalue weighted by molar-refractivity contribution is 0.0890. The van der Waals surface area contributed by atoms with Gasteiger partial charge in [0.25, 0.3) is 0 Å². The van der Waals surface area contributed by atoms with Crippen LogP contribution in [0.1, 0.15) is 57.8 Å². The molecule has 0 amide bonds. The third-order valence-electron chi connectivity index (χ3n) is 5.62. The number of nitrogens with zero attached hydrogens (tertiary/aromatic N) is 2. The Kier molecular flexibility index (Phi) is 6.62. The lowest BCUT2D eigenvalue weighted by Crippen LogP contribution is -2.32. The summed E-state index contributed by atoms with van der Waals surface area (Å²) in [5, 5.41) is 0. The average Bonchev–Trinajstić information content (AvgIpc) is 2.67. The molecule has 0 aromatic carbocycles. The monoisotopic (exact) mass is 353 g/mol. The van der Waals surface area contributed by atoms with Crippen molar-refractivity contribution in [3.05, 3.63) is 49.0 Å². The highest BCUT2D eigenvalue weighted by Crippen LogP contribution is 2.34. The van der Waals surface area contributed by atoms with E-state index in [2.05, 4.69) is 35.3 Å². The summed E-state index contributed by atoms with van der Waals surface area (Å²) in [5.41, 5.74) is 8.94. The smallest absolute Gasteiger partial charge is 0.147 e. The number of rotatable bonds is 5. The maximum atomic E-state index is 6.41. The van der Waals surface area contributed by atoms with Gasteiger partial charge in [0.05, 0.1) is 11.8 Å². The summed E-state index contributed by atoms with van der Waals surface area (Å²) in [6, 6.07) is 0.312. The number of ether oxygens (including phenoxy) is 1. The van der Waals surface area contributed by atoms with Crippen LogP contribution in [0, 0.1) is 5.92 Å². The van der Waals surface area contributed by atoms with Crippen molar-refractivity contribution >= 4 is 11.4 Å². The van der Waals surface area contributed by atoms with E-state index in [0.717, 1.165) is 42.9 Å². The summed E-state index contributed by atoms with van der Waals surface area (Å²) in [4.78, 5) is 8.93. The van der Waals surface area contributed by atoms with E-state index in [0.29, 0.717) is 12.0 Å². The first-order valence-electron chi connectivity index (χ1n) is 9.95. The van der Waals surface area contributed by atoms with Crippen molar-refractivity contribution in [2.45, 2.75) is 69.9 Å². The minimum atomic E-state index is 0.201. The van der Waals surface area contributed by atoms with Crippen LogP contribution in [0.25, 0.3) is 0 Å². The zero-order valence-electron chi connectivity index (χ0n) is 15.7. The van der Waals surface area contributed by atoms with Crippen LogP contribution in [0.15, 0.2) is 59.0 Å². The van der Waals surface area contributed by atoms with E-state index in [4.69, 9.17) is 10.5 Å². The Hall–Kier alpha value is -1.94. The quantitative estimate of drug-likeness (QED) is 0.719. The number of allylic oxidation sites excluding steroid dienone is 4. The van der Waals surface area contributed by atoms with Gasteiger partial charge in [0.15, 0.2) is 0 Å². The topological polar surface area (TPSA) is 60.0 Å². The Morgan fingerprint density at radius 2 is 1.62 bits per heavy atom. The molecule has 0 spiro atoms. The van der Waals surface area contributed by atoms with Crippen LogP contribution in [0.4, 0.5) is 0 Å². The van der Waals surface area contributed by atoms with Crippen LogP contribution in [-0.4, -0.2) is 23.6 Å². The van der Waals surface area contributed by atoms with Crippen molar-refractivity contribution in [2.24, 2.45) is 21.6 Å². The lowest BCUT2D eigenvalue weighted by Gasteiger charge is -2.31. The Morgan fingerprint density at radius 3 is 2.27 bits per heavy atom. The molecular weight excluding hydrogens is 322 g/mol. The molecule has 2 N–H and O–H groups in total. The number of aliphatic imine (C=N–C) groups is 2. The largest absolute Gasteiger partial charge is 0.488 e. The fourth-order valence-electron chi connectivity index (χ4n) is 4.18. The summed E-state index contributed by atoms with van der Waals surface area (Å²) in [6.45, 7) is 7.53. The van der Waals surface area contributed by atoms with Gasteiger partial charge in [0.2, 0.25) is 0 Å². The predicted molar refractivity (Wildman–Crippen MR) is 109 cm³/mol. The third kappa shape index (κ3) is 4.61. The van der Waals surface area contributed by atoms with Gasteiger partial charge >= 0.3 is 0 Å². The molecule has 2 fully saturated rings. The standard InChI is InChI=1S/C22H31N3O/c1-3-24-20-14-17(16-8-6-5-7-9-16)15-21(22(20)25-4-2)26-19-12-10-18(23)11-13-19/h3-4,14-16,18-19H,1-2,5-13,23H2/b24-20-,25-22+/t18-,19-. The van der Waals surface area contributed by atoms with Gasteiger partial charge in [-0.25, -0.2) is 0 Å². The van der Waals surface area contributed by atoms with E-state index in [1.807, 2.05) is 0 Å². The Bertz CT molecular complexity index is 642. The third-order valence-corrected chi connectivity index (χ3v) is 5.62. The summed E-state index contributed by atoms with van der Waals surface area (Å²) in [6.07, 6.45) is 18.1. The molecule has 0 aromatic rings. The van der Waals surface area contributed by atoms with Crippen molar-refractivity contribution in [2.75, 3.05) is 0 Å². The first-order chi connectivity index (χ1) is 12.7. The molecule has 0 atom stereocenters. The van der Waals surface area contributed by atoms with Gasteiger partial charge in [0, 0.05) is 18.4 Å². The molecule has 0 heterocycles. The van der Waals surface area contributed by atoms with E-state index < -0.39 is 0 Å². The van der Waals surface area contributed by atoms with E-state index >= 15 is 0 Å². The highest BCUT2D eigenvalue weighted by atomic mass is 16.5. The number of hydrogen-bond acceptors (Lipinski definition) is 4. The molecule has 4 heteroatoms. The van der Waals surface area contributed by atoms with Gasteiger partial charge in [-0.15, -0.1) is 0 Å². The first-order valence-corrected chi connectivity index (χ1v) is 9.95. The van der Waals surface area contributed by atoms with Crippen LogP contribution in [0.3, 0.4) is 0 Å². The average molecular weight is 354 g/mol. The molecule has 0 unspecified atom stereocenters. The van der Waals surface area contributed by atoms with Gasteiger partial charge in [-0.3, -0.25) is 9.98 Å². The van der Waals surface area contributed by atoms with E-state index in [1.54, 1.807) is 12.4 Å². The van der Waals surface area contributed by atoms with Crippen LogP contribution in [-0.2, 0) is 4.74 Å².